The summed E-state index contributed by atoms with van der Waals surface area (Å²) < 4.78 is 0.558. The molecule has 0 unspecified atom stereocenters. The minimum atomic E-state index is 0.558. The second kappa shape index (κ2) is 3.84. The van der Waals surface area contributed by atoms with E-state index in [0.717, 1.165) is 5.56 Å². The number of aryl methyl sites for hydroxylation is 1. The zero-order chi connectivity index (χ0) is 9.97. The van der Waals surface area contributed by atoms with Gasteiger partial charge in [-0.25, -0.2) is 15.0 Å². The summed E-state index contributed by atoms with van der Waals surface area (Å²) >= 11 is 3.21. The molecule has 70 valence electrons. The van der Waals surface area contributed by atoms with Gasteiger partial charge in [0.05, 0.1) is 0 Å². The van der Waals surface area contributed by atoms with Crippen LogP contribution in [-0.2, 0) is 0 Å². The fraction of sp³-hybridized carbons (Fsp3) is 0.100. The van der Waals surface area contributed by atoms with Crippen molar-refractivity contribution in [3.8, 4) is 11.4 Å². The molecule has 0 saturated heterocycles. The quantitative estimate of drug-likeness (QED) is 0.780. The van der Waals surface area contributed by atoms with Gasteiger partial charge in [0.15, 0.2) is 10.6 Å². The molecule has 1 aromatic carbocycles. The molecule has 0 aliphatic carbocycles. The third-order valence-electron chi connectivity index (χ3n) is 1.85. The normalized spacial score (nSPS) is 10.1. The second-order valence-corrected chi connectivity index (χ2v) is 3.65. The van der Waals surface area contributed by atoms with Crippen molar-refractivity contribution in [2.24, 2.45) is 0 Å². The molecule has 0 spiro atoms. The predicted octanol–water partition coefficient (Wildman–Crippen LogP) is 2.61. The first kappa shape index (κ1) is 9.27. The van der Waals surface area contributed by atoms with E-state index >= 15 is 0 Å². The molecule has 0 aliphatic rings. The SMILES string of the molecule is Cc1ccc(-c2ncnc(Br)n2)cc1. The van der Waals surface area contributed by atoms with Crippen LogP contribution in [0.3, 0.4) is 0 Å². The van der Waals surface area contributed by atoms with Crippen molar-refractivity contribution in [3.63, 3.8) is 0 Å². The largest absolute Gasteiger partial charge is 0.216 e. The molecule has 0 aliphatic heterocycles. The average Bonchev–Trinajstić information content (AvgIpc) is 2.19. The Balaban J connectivity index is 2.44. The first-order valence-corrected chi connectivity index (χ1v) is 4.96. The van der Waals surface area contributed by atoms with Gasteiger partial charge in [0.25, 0.3) is 0 Å². The van der Waals surface area contributed by atoms with Crippen molar-refractivity contribution < 1.29 is 0 Å². The van der Waals surface area contributed by atoms with E-state index in [1.807, 2.05) is 31.2 Å². The Labute approximate surface area is 90.4 Å². The Morgan fingerprint density at radius 1 is 1.07 bits per heavy atom. The van der Waals surface area contributed by atoms with Gasteiger partial charge >= 0.3 is 0 Å². The minimum Gasteiger partial charge on any atom is -0.216 e. The van der Waals surface area contributed by atoms with Gasteiger partial charge < -0.3 is 0 Å². The summed E-state index contributed by atoms with van der Waals surface area (Å²) in [6.07, 6.45) is 1.49. The predicted molar refractivity (Wildman–Crippen MR) is 57.7 cm³/mol. The van der Waals surface area contributed by atoms with Crippen molar-refractivity contribution >= 4 is 15.9 Å². The number of hydrogen-bond acceptors (Lipinski definition) is 3. The molecular weight excluding hydrogens is 242 g/mol. The van der Waals surface area contributed by atoms with Gasteiger partial charge in [-0.15, -0.1) is 0 Å². The Bertz CT molecular complexity index is 439. The number of nitrogens with zero attached hydrogens (tertiary/aromatic N) is 3. The molecule has 4 heteroatoms. The Morgan fingerprint density at radius 3 is 2.43 bits per heavy atom. The summed E-state index contributed by atoms with van der Waals surface area (Å²) in [5.74, 6) is 0.687. The van der Waals surface area contributed by atoms with E-state index in [1.54, 1.807) is 0 Å². The van der Waals surface area contributed by atoms with Crippen LogP contribution in [0, 0.1) is 6.92 Å². The third-order valence-corrected chi connectivity index (χ3v) is 2.23. The summed E-state index contributed by atoms with van der Waals surface area (Å²) in [7, 11) is 0. The van der Waals surface area contributed by atoms with Crippen LogP contribution in [0.4, 0.5) is 0 Å². The molecule has 1 aromatic heterocycles. The summed E-state index contributed by atoms with van der Waals surface area (Å²) in [5.41, 5.74) is 2.22. The van der Waals surface area contributed by atoms with Gasteiger partial charge in [0.2, 0.25) is 0 Å². The molecule has 2 aromatic rings. The maximum absolute atomic E-state index is 4.17. The van der Waals surface area contributed by atoms with Crippen molar-refractivity contribution in [1.82, 2.24) is 15.0 Å². The zero-order valence-corrected chi connectivity index (χ0v) is 9.19. The molecule has 0 fully saturated rings. The zero-order valence-electron chi connectivity index (χ0n) is 7.61. The minimum absolute atomic E-state index is 0.558. The van der Waals surface area contributed by atoms with E-state index < -0.39 is 0 Å². The van der Waals surface area contributed by atoms with Crippen LogP contribution in [0.2, 0.25) is 0 Å². The average molecular weight is 250 g/mol. The molecule has 0 saturated carbocycles. The van der Waals surface area contributed by atoms with Crippen molar-refractivity contribution in [3.05, 3.63) is 40.9 Å². The molecule has 0 atom stereocenters. The first-order chi connectivity index (χ1) is 6.75. The number of benzene rings is 1. The van der Waals surface area contributed by atoms with Gasteiger partial charge in [0.1, 0.15) is 6.33 Å². The maximum atomic E-state index is 4.17. The van der Waals surface area contributed by atoms with E-state index in [9.17, 15) is 0 Å². The number of aromatic nitrogens is 3. The van der Waals surface area contributed by atoms with Crippen LogP contribution in [0.25, 0.3) is 11.4 Å². The van der Waals surface area contributed by atoms with Crippen molar-refractivity contribution in [2.75, 3.05) is 0 Å². The Kier molecular flexibility index (Phi) is 2.54. The Morgan fingerprint density at radius 2 is 1.79 bits per heavy atom. The standard InChI is InChI=1S/C10H8BrN3/c1-7-2-4-8(5-3-7)9-12-6-13-10(11)14-9/h2-6H,1H3. The van der Waals surface area contributed by atoms with Gasteiger partial charge in [-0.1, -0.05) is 29.8 Å². The smallest absolute Gasteiger partial charge is 0.200 e. The lowest BCUT2D eigenvalue weighted by molar-refractivity contribution is 1.02. The monoisotopic (exact) mass is 249 g/mol. The molecule has 1 heterocycles. The van der Waals surface area contributed by atoms with Crippen molar-refractivity contribution in [2.45, 2.75) is 6.92 Å². The summed E-state index contributed by atoms with van der Waals surface area (Å²) in [6.45, 7) is 2.05. The van der Waals surface area contributed by atoms with Crippen LogP contribution in [-0.4, -0.2) is 15.0 Å². The van der Waals surface area contributed by atoms with Crippen LogP contribution in [0.5, 0.6) is 0 Å². The number of rotatable bonds is 1. The summed E-state index contributed by atoms with van der Waals surface area (Å²) in [5, 5.41) is 0. The van der Waals surface area contributed by atoms with Gasteiger partial charge in [-0.05, 0) is 22.9 Å². The topological polar surface area (TPSA) is 38.7 Å². The molecule has 0 N–H and O–H groups in total. The van der Waals surface area contributed by atoms with E-state index in [4.69, 9.17) is 0 Å². The first-order valence-electron chi connectivity index (χ1n) is 4.17. The molecule has 0 bridgehead atoms. The fourth-order valence-corrected chi connectivity index (χ4v) is 1.38. The highest BCUT2D eigenvalue weighted by atomic mass is 79.9. The van der Waals surface area contributed by atoms with Crippen molar-refractivity contribution in [1.29, 1.82) is 0 Å². The summed E-state index contributed by atoms with van der Waals surface area (Å²) in [6, 6.07) is 8.06. The van der Waals surface area contributed by atoms with Gasteiger partial charge in [-0.3, -0.25) is 0 Å². The highest BCUT2D eigenvalue weighted by Gasteiger charge is 2.00. The lowest BCUT2D eigenvalue weighted by Crippen LogP contribution is -1.91. The molecular formula is C10H8BrN3. The number of hydrogen-bond donors (Lipinski definition) is 0. The van der Waals surface area contributed by atoms with E-state index in [0.29, 0.717) is 10.6 Å². The van der Waals surface area contributed by atoms with Crippen LogP contribution in [0.15, 0.2) is 35.3 Å². The number of halogens is 1. The lowest BCUT2D eigenvalue weighted by Gasteiger charge is -1.99. The highest BCUT2D eigenvalue weighted by Crippen LogP contribution is 2.15. The summed E-state index contributed by atoms with van der Waals surface area (Å²) in [4.78, 5) is 12.1. The van der Waals surface area contributed by atoms with Gasteiger partial charge in [0, 0.05) is 5.56 Å². The lowest BCUT2D eigenvalue weighted by atomic mass is 10.1. The van der Waals surface area contributed by atoms with E-state index in [1.165, 1.54) is 11.9 Å². The molecule has 2 rings (SSSR count). The van der Waals surface area contributed by atoms with E-state index in [-0.39, 0.29) is 0 Å². The maximum Gasteiger partial charge on any atom is 0.200 e. The molecule has 0 radical (unpaired) electrons. The fourth-order valence-electron chi connectivity index (χ4n) is 1.12. The third kappa shape index (κ3) is 1.96. The highest BCUT2D eigenvalue weighted by molar-refractivity contribution is 9.10. The van der Waals surface area contributed by atoms with Gasteiger partial charge in [-0.2, -0.15) is 0 Å². The second-order valence-electron chi connectivity index (χ2n) is 2.94. The molecule has 3 nitrogen and oxygen atoms in total. The Hall–Kier alpha value is -1.29. The van der Waals surface area contributed by atoms with Crippen LogP contribution in [0.1, 0.15) is 5.56 Å². The van der Waals surface area contributed by atoms with Crippen LogP contribution >= 0.6 is 15.9 Å². The molecule has 14 heavy (non-hydrogen) atoms. The van der Waals surface area contributed by atoms with Crippen LogP contribution < -0.4 is 0 Å². The van der Waals surface area contributed by atoms with E-state index in [2.05, 4.69) is 30.9 Å². The molecule has 0 amide bonds.